The van der Waals surface area contributed by atoms with E-state index < -0.39 is 5.41 Å². The molecule has 1 aliphatic heterocycles. The maximum absolute atomic E-state index is 12.7. The standard InChI is InChI=1S/C22H26N2O4/c1-14(2)16-6-8-17(9-7-16)24-21(26)22(3,4)20(25)23-12-15-5-10-18-19(11-15)28-13-27-18/h5-11,14H,12-13H2,1-4H3,(H,23,25)(H,24,26). The highest BCUT2D eigenvalue weighted by Gasteiger charge is 2.36. The lowest BCUT2D eigenvalue weighted by Gasteiger charge is -2.23. The first-order chi connectivity index (χ1) is 13.3. The molecule has 0 saturated heterocycles. The Balaban J connectivity index is 1.59. The molecule has 0 aromatic heterocycles. The number of amides is 2. The van der Waals surface area contributed by atoms with Crippen molar-refractivity contribution in [3.8, 4) is 11.5 Å². The largest absolute Gasteiger partial charge is 0.454 e. The van der Waals surface area contributed by atoms with Crippen LogP contribution in [-0.2, 0) is 16.1 Å². The van der Waals surface area contributed by atoms with E-state index in [1.165, 1.54) is 5.56 Å². The highest BCUT2D eigenvalue weighted by molar-refractivity contribution is 6.09. The van der Waals surface area contributed by atoms with Crippen LogP contribution < -0.4 is 20.1 Å². The Labute approximate surface area is 165 Å². The Bertz CT molecular complexity index is 873. The van der Waals surface area contributed by atoms with Crippen molar-refractivity contribution in [2.45, 2.75) is 40.2 Å². The summed E-state index contributed by atoms with van der Waals surface area (Å²) in [6, 6.07) is 13.2. The number of benzene rings is 2. The highest BCUT2D eigenvalue weighted by Crippen LogP contribution is 2.32. The monoisotopic (exact) mass is 382 g/mol. The van der Waals surface area contributed by atoms with Crippen molar-refractivity contribution >= 4 is 17.5 Å². The predicted molar refractivity (Wildman–Crippen MR) is 107 cm³/mol. The fourth-order valence-corrected chi connectivity index (χ4v) is 2.80. The molecule has 0 saturated carbocycles. The quantitative estimate of drug-likeness (QED) is 0.745. The maximum atomic E-state index is 12.7. The van der Waals surface area contributed by atoms with Crippen molar-refractivity contribution in [3.63, 3.8) is 0 Å². The Morgan fingerprint density at radius 1 is 1.00 bits per heavy atom. The van der Waals surface area contributed by atoms with Gasteiger partial charge in [-0.1, -0.05) is 32.0 Å². The Morgan fingerprint density at radius 2 is 1.68 bits per heavy atom. The van der Waals surface area contributed by atoms with E-state index in [4.69, 9.17) is 9.47 Å². The summed E-state index contributed by atoms with van der Waals surface area (Å²) >= 11 is 0. The molecule has 0 radical (unpaired) electrons. The fourth-order valence-electron chi connectivity index (χ4n) is 2.80. The van der Waals surface area contributed by atoms with Gasteiger partial charge in [-0.05, 0) is 55.2 Å². The van der Waals surface area contributed by atoms with Crippen LogP contribution in [0.2, 0.25) is 0 Å². The van der Waals surface area contributed by atoms with E-state index in [1.54, 1.807) is 13.8 Å². The zero-order valence-electron chi connectivity index (χ0n) is 16.7. The van der Waals surface area contributed by atoms with E-state index in [0.29, 0.717) is 29.6 Å². The molecule has 6 heteroatoms. The second-order valence-corrected chi connectivity index (χ2v) is 7.73. The van der Waals surface area contributed by atoms with Crippen molar-refractivity contribution in [1.82, 2.24) is 5.32 Å². The zero-order valence-corrected chi connectivity index (χ0v) is 16.7. The summed E-state index contributed by atoms with van der Waals surface area (Å²) < 4.78 is 10.6. The molecule has 1 aliphatic rings. The second kappa shape index (κ2) is 7.92. The van der Waals surface area contributed by atoms with Crippen molar-refractivity contribution in [2.75, 3.05) is 12.1 Å². The predicted octanol–water partition coefficient (Wildman–Crippen LogP) is 3.82. The van der Waals surface area contributed by atoms with Crippen molar-refractivity contribution in [3.05, 3.63) is 53.6 Å². The summed E-state index contributed by atoms with van der Waals surface area (Å²) in [7, 11) is 0. The molecule has 2 aromatic carbocycles. The lowest BCUT2D eigenvalue weighted by Crippen LogP contribution is -2.44. The van der Waals surface area contributed by atoms with Crippen molar-refractivity contribution in [1.29, 1.82) is 0 Å². The molecule has 3 rings (SSSR count). The third kappa shape index (κ3) is 4.27. The van der Waals surface area contributed by atoms with Crippen LogP contribution in [0.5, 0.6) is 11.5 Å². The first kappa shape index (κ1) is 19.7. The molecule has 0 atom stereocenters. The zero-order chi connectivity index (χ0) is 20.3. The topological polar surface area (TPSA) is 76.7 Å². The van der Waals surface area contributed by atoms with Crippen LogP contribution in [-0.4, -0.2) is 18.6 Å². The van der Waals surface area contributed by atoms with E-state index in [9.17, 15) is 9.59 Å². The van der Waals surface area contributed by atoms with Crippen LogP contribution >= 0.6 is 0 Å². The molecule has 28 heavy (non-hydrogen) atoms. The number of hydrogen-bond donors (Lipinski definition) is 2. The third-order valence-electron chi connectivity index (χ3n) is 4.86. The molecule has 1 heterocycles. The lowest BCUT2D eigenvalue weighted by atomic mass is 9.90. The molecule has 0 fully saturated rings. The number of hydrogen-bond acceptors (Lipinski definition) is 4. The van der Waals surface area contributed by atoms with E-state index in [1.807, 2.05) is 42.5 Å². The summed E-state index contributed by atoms with van der Waals surface area (Å²) in [4.78, 5) is 25.3. The maximum Gasteiger partial charge on any atom is 0.239 e. The molecule has 0 unspecified atom stereocenters. The average Bonchev–Trinajstić information content (AvgIpc) is 3.14. The first-order valence-corrected chi connectivity index (χ1v) is 9.35. The van der Waals surface area contributed by atoms with Crippen LogP contribution in [0.4, 0.5) is 5.69 Å². The van der Waals surface area contributed by atoms with Gasteiger partial charge >= 0.3 is 0 Å². The van der Waals surface area contributed by atoms with Gasteiger partial charge in [-0.2, -0.15) is 0 Å². The minimum atomic E-state index is -1.22. The van der Waals surface area contributed by atoms with E-state index in [0.717, 1.165) is 5.56 Å². The summed E-state index contributed by atoms with van der Waals surface area (Å²) in [6.07, 6.45) is 0. The van der Waals surface area contributed by atoms with E-state index in [2.05, 4.69) is 24.5 Å². The smallest absolute Gasteiger partial charge is 0.239 e. The molecular formula is C22H26N2O4. The van der Waals surface area contributed by atoms with Gasteiger partial charge < -0.3 is 20.1 Å². The number of carbonyl (C=O) groups is 2. The summed E-state index contributed by atoms with van der Waals surface area (Å²) in [5.41, 5.74) is 1.52. The fraction of sp³-hybridized carbons (Fsp3) is 0.364. The molecule has 2 amide bonds. The number of nitrogens with one attached hydrogen (secondary N) is 2. The molecule has 0 aliphatic carbocycles. The highest BCUT2D eigenvalue weighted by atomic mass is 16.7. The van der Waals surface area contributed by atoms with Gasteiger partial charge in [-0.3, -0.25) is 9.59 Å². The van der Waals surface area contributed by atoms with Gasteiger partial charge in [0.1, 0.15) is 5.41 Å². The van der Waals surface area contributed by atoms with Gasteiger partial charge in [0.15, 0.2) is 11.5 Å². The summed E-state index contributed by atoms with van der Waals surface area (Å²) in [5, 5.41) is 5.65. The molecular weight excluding hydrogens is 356 g/mol. The molecule has 2 N–H and O–H groups in total. The van der Waals surface area contributed by atoms with Crippen LogP contribution in [0, 0.1) is 5.41 Å². The summed E-state index contributed by atoms with van der Waals surface area (Å²) in [5.74, 6) is 1.07. The lowest BCUT2D eigenvalue weighted by molar-refractivity contribution is -0.138. The van der Waals surface area contributed by atoms with Gasteiger partial charge in [-0.25, -0.2) is 0 Å². The molecule has 148 valence electrons. The molecule has 2 aromatic rings. The second-order valence-electron chi connectivity index (χ2n) is 7.73. The number of anilines is 1. The normalized spacial score (nSPS) is 12.8. The Hall–Kier alpha value is -3.02. The average molecular weight is 382 g/mol. The van der Waals surface area contributed by atoms with Crippen LogP contribution in [0.3, 0.4) is 0 Å². The Morgan fingerprint density at radius 3 is 2.36 bits per heavy atom. The van der Waals surface area contributed by atoms with Crippen molar-refractivity contribution < 1.29 is 19.1 Å². The molecule has 0 spiro atoms. The molecule has 0 bridgehead atoms. The summed E-state index contributed by atoms with van der Waals surface area (Å²) in [6.45, 7) is 7.95. The number of fused-ring (bicyclic) bond motifs is 1. The number of rotatable bonds is 6. The minimum absolute atomic E-state index is 0.205. The van der Waals surface area contributed by atoms with Gasteiger partial charge in [0.25, 0.3) is 0 Å². The van der Waals surface area contributed by atoms with Crippen LogP contribution in [0.25, 0.3) is 0 Å². The van der Waals surface area contributed by atoms with Crippen LogP contribution in [0.1, 0.15) is 44.7 Å². The van der Waals surface area contributed by atoms with E-state index in [-0.39, 0.29) is 18.6 Å². The Kier molecular flexibility index (Phi) is 5.58. The van der Waals surface area contributed by atoms with E-state index >= 15 is 0 Å². The SMILES string of the molecule is CC(C)c1ccc(NC(=O)C(C)(C)C(=O)NCc2ccc3c(c2)OCO3)cc1. The van der Waals surface area contributed by atoms with Crippen LogP contribution in [0.15, 0.2) is 42.5 Å². The molecule has 6 nitrogen and oxygen atoms in total. The number of ether oxygens (including phenoxy) is 2. The van der Waals surface area contributed by atoms with Gasteiger partial charge in [-0.15, -0.1) is 0 Å². The third-order valence-corrected chi connectivity index (χ3v) is 4.86. The minimum Gasteiger partial charge on any atom is -0.454 e. The number of carbonyl (C=O) groups excluding carboxylic acids is 2. The van der Waals surface area contributed by atoms with Gasteiger partial charge in [0.05, 0.1) is 0 Å². The van der Waals surface area contributed by atoms with Gasteiger partial charge in [0, 0.05) is 12.2 Å². The van der Waals surface area contributed by atoms with Crippen molar-refractivity contribution in [2.24, 2.45) is 5.41 Å². The van der Waals surface area contributed by atoms with Gasteiger partial charge in [0.2, 0.25) is 18.6 Å². The first-order valence-electron chi connectivity index (χ1n) is 9.35.